The number of hydrazone groups is 1. The number of para-hydroxylation sites is 1. The molecule has 0 radical (unpaired) electrons. The van der Waals surface area contributed by atoms with Crippen molar-refractivity contribution >= 4 is 29.1 Å². The van der Waals surface area contributed by atoms with Crippen LogP contribution in [0.15, 0.2) is 72.0 Å². The number of amides is 1. The van der Waals surface area contributed by atoms with Crippen LogP contribution in [0.4, 0.5) is 0 Å². The Morgan fingerprint density at radius 2 is 1.87 bits per heavy atom. The molecule has 2 N–H and O–H groups in total. The van der Waals surface area contributed by atoms with Gasteiger partial charge in [0.1, 0.15) is 0 Å². The van der Waals surface area contributed by atoms with Crippen LogP contribution in [0.3, 0.4) is 0 Å². The number of aromatic amines is 1. The van der Waals surface area contributed by atoms with E-state index in [-0.39, 0.29) is 5.91 Å². The molecular formula is C19H17N3O. The number of H-pyrrole nitrogens is 1. The molecule has 0 aliphatic carbocycles. The van der Waals surface area contributed by atoms with Gasteiger partial charge in [0, 0.05) is 23.3 Å². The van der Waals surface area contributed by atoms with Gasteiger partial charge in [0.2, 0.25) is 5.91 Å². The maximum absolute atomic E-state index is 11.9. The van der Waals surface area contributed by atoms with E-state index in [4.69, 9.17) is 0 Å². The maximum atomic E-state index is 11.9. The van der Waals surface area contributed by atoms with Gasteiger partial charge in [0.25, 0.3) is 0 Å². The van der Waals surface area contributed by atoms with Crippen molar-refractivity contribution < 1.29 is 4.79 Å². The number of rotatable bonds is 5. The minimum atomic E-state index is -0.140. The normalized spacial score (nSPS) is 11.5. The van der Waals surface area contributed by atoms with Crippen molar-refractivity contribution in [2.75, 3.05) is 0 Å². The first-order valence-electron chi connectivity index (χ1n) is 7.41. The van der Waals surface area contributed by atoms with Crippen molar-refractivity contribution in [2.45, 2.75) is 6.42 Å². The minimum Gasteiger partial charge on any atom is -0.361 e. The summed E-state index contributed by atoms with van der Waals surface area (Å²) in [5.41, 5.74) is 5.62. The Balaban J connectivity index is 1.53. The van der Waals surface area contributed by atoms with Gasteiger partial charge in [-0.25, -0.2) is 5.43 Å². The Kier molecular flexibility index (Phi) is 4.64. The van der Waals surface area contributed by atoms with E-state index >= 15 is 0 Å². The summed E-state index contributed by atoms with van der Waals surface area (Å²) in [6, 6.07) is 17.8. The second-order valence-electron chi connectivity index (χ2n) is 5.12. The number of nitrogens with one attached hydrogen (secondary N) is 2. The van der Waals surface area contributed by atoms with E-state index < -0.39 is 0 Å². The van der Waals surface area contributed by atoms with Crippen LogP contribution in [-0.2, 0) is 11.2 Å². The Labute approximate surface area is 134 Å². The lowest BCUT2D eigenvalue weighted by molar-refractivity contribution is -0.120. The zero-order chi connectivity index (χ0) is 15.9. The number of carbonyl (C=O) groups is 1. The number of nitrogens with zero attached hydrogens (tertiary/aromatic N) is 1. The fraction of sp³-hybridized carbons (Fsp3) is 0.0526. The third kappa shape index (κ3) is 3.95. The van der Waals surface area contributed by atoms with E-state index in [1.54, 1.807) is 12.3 Å². The summed E-state index contributed by atoms with van der Waals surface area (Å²) in [6.45, 7) is 0. The lowest BCUT2D eigenvalue weighted by Crippen LogP contribution is -2.19. The average molecular weight is 303 g/mol. The summed E-state index contributed by atoms with van der Waals surface area (Å²) in [5.74, 6) is -0.140. The number of allylic oxidation sites excluding steroid dienone is 1. The molecule has 0 spiro atoms. The number of benzene rings is 2. The van der Waals surface area contributed by atoms with Crippen molar-refractivity contribution in [3.05, 3.63) is 78.0 Å². The first-order valence-corrected chi connectivity index (χ1v) is 7.41. The first kappa shape index (κ1) is 14.8. The quantitative estimate of drug-likeness (QED) is 0.550. The summed E-state index contributed by atoms with van der Waals surface area (Å²) in [5, 5.41) is 4.99. The molecule has 0 saturated heterocycles. The molecule has 0 aliphatic heterocycles. The summed E-state index contributed by atoms with van der Waals surface area (Å²) < 4.78 is 0. The fourth-order valence-electron chi connectivity index (χ4n) is 2.36. The van der Waals surface area contributed by atoms with Gasteiger partial charge < -0.3 is 4.98 Å². The molecule has 0 unspecified atom stereocenters. The fourth-order valence-corrected chi connectivity index (χ4v) is 2.36. The molecule has 1 aromatic heterocycles. The van der Waals surface area contributed by atoms with Crippen molar-refractivity contribution in [1.29, 1.82) is 0 Å². The zero-order valence-electron chi connectivity index (χ0n) is 12.6. The molecule has 114 valence electrons. The second kappa shape index (κ2) is 7.22. The summed E-state index contributed by atoms with van der Waals surface area (Å²) in [6.07, 6.45) is 7.45. The highest BCUT2D eigenvalue weighted by Gasteiger charge is 2.07. The molecule has 0 saturated carbocycles. The number of hydrogen-bond acceptors (Lipinski definition) is 2. The van der Waals surface area contributed by atoms with Crippen LogP contribution >= 0.6 is 0 Å². The van der Waals surface area contributed by atoms with Crippen LogP contribution < -0.4 is 5.43 Å². The van der Waals surface area contributed by atoms with Gasteiger partial charge >= 0.3 is 0 Å². The van der Waals surface area contributed by atoms with Crippen molar-refractivity contribution in [2.24, 2.45) is 5.10 Å². The molecule has 4 heteroatoms. The molecule has 0 bridgehead atoms. The molecule has 1 amide bonds. The third-order valence-electron chi connectivity index (χ3n) is 3.46. The van der Waals surface area contributed by atoms with E-state index in [1.165, 1.54) is 0 Å². The van der Waals surface area contributed by atoms with Gasteiger partial charge in [-0.2, -0.15) is 5.10 Å². The molecule has 0 atom stereocenters. The highest BCUT2D eigenvalue weighted by atomic mass is 16.2. The molecule has 4 nitrogen and oxygen atoms in total. The molecule has 23 heavy (non-hydrogen) atoms. The third-order valence-corrected chi connectivity index (χ3v) is 3.46. The number of aromatic nitrogens is 1. The van der Waals surface area contributed by atoms with Crippen molar-refractivity contribution in [3.8, 4) is 0 Å². The Morgan fingerprint density at radius 1 is 1.09 bits per heavy atom. The lowest BCUT2D eigenvalue weighted by atomic mass is 10.1. The van der Waals surface area contributed by atoms with Gasteiger partial charge in [0.15, 0.2) is 0 Å². The standard InChI is InChI=1S/C19H17N3O/c23-19(13-16-14-20-18-11-5-4-10-17(16)18)22-21-12-6-9-15-7-2-1-3-8-15/h1-12,14,20H,13H2,(H,22,23)/b9-6-,21-12?. The predicted octanol–water partition coefficient (Wildman–Crippen LogP) is 3.53. The van der Waals surface area contributed by atoms with Gasteiger partial charge in [-0.05, 0) is 23.3 Å². The van der Waals surface area contributed by atoms with E-state index in [9.17, 15) is 4.79 Å². The molecule has 1 heterocycles. The monoisotopic (exact) mass is 303 g/mol. The smallest absolute Gasteiger partial charge is 0.244 e. The lowest BCUT2D eigenvalue weighted by Gasteiger charge is -1.98. The highest BCUT2D eigenvalue weighted by Crippen LogP contribution is 2.17. The predicted molar refractivity (Wildman–Crippen MR) is 94.1 cm³/mol. The van der Waals surface area contributed by atoms with E-state index in [0.717, 1.165) is 22.0 Å². The Bertz CT molecular complexity index is 847. The van der Waals surface area contributed by atoms with E-state index in [0.29, 0.717) is 6.42 Å². The van der Waals surface area contributed by atoms with Crippen LogP contribution in [0.25, 0.3) is 17.0 Å². The number of hydrogen-bond donors (Lipinski definition) is 2. The van der Waals surface area contributed by atoms with Crippen LogP contribution in [0, 0.1) is 0 Å². The minimum absolute atomic E-state index is 0.140. The van der Waals surface area contributed by atoms with E-state index in [2.05, 4.69) is 15.5 Å². The van der Waals surface area contributed by atoms with E-state index in [1.807, 2.05) is 66.9 Å². The van der Waals surface area contributed by atoms with Gasteiger partial charge in [-0.3, -0.25) is 4.79 Å². The SMILES string of the molecule is O=C(Cc1c[nH]c2ccccc12)NN=C/C=C\c1ccccc1. The van der Waals surface area contributed by atoms with Crippen LogP contribution in [0.1, 0.15) is 11.1 Å². The largest absolute Gasteiger partial charge is 0.361 e. The molecule has 2 aromatic carbocycles. The molecule has 0 aliphatic rings. The Hall–Kier alpha value is -3.14. The summed E-state index contributed by atoms with van der Waals surface area (Å²) >= 11 is 0. The topological polar surface area (TPSA) is 57.2 Å². The number of fused-ring (bicyclic) bond motifs is 1. The van der Waals surface area contributed by atoms with Crippen LogP contribution in [-0.4, -0.2) is 17.1 Å². The molecule has 3 rings (SSSR count). The van der Waals surface area contributed by atoms with Crippen LogP contribution in [0.5, 0.6) is 0 Å². The Morgan fingerprint density at radius 3 is 2.74 bits per heavy atom. The average Bonchev–Trinajstić information content (AvgIpc) is 2.99. The van der Waals surface area contributed by atoms with Crippen molar-refractivity contribution in [1.82, 2.24) is 10.4 Å². The zero-order valence-corrected chi connectivity index (χ0v) is 12.6. The highest BCUT2D eigenvalue weighted by molar-refractivity contribution is 5.89. The number of carbonyl (C=O) groups excluding carboxylic acids is 1. The van der Waals surface area contributed by atoms with Gasteiger partial charge in [-0.1, -0.05) is 54.6 Å². The summed E-state index contributed by atoms with van der Waals surface area (Å²) in [7, 11) is 0. The molecule has 3 aromatic rings. The maximum Gasteiger partial charge on any atom is 0.244 e. The summed E-state index contributed by atoms with van der Waals surface area (Å²) in [4.78, 5) is 15.1. The van der Waals surface area contributed by atoms with Crippen molar-refractivity contribution in [3.63, 3.8) is 0 Å². The second-order valence-corrected chi connectivity index (χ2v) is 5.12. The molecular weight excluding hydrogens is 286 g/mol. The van der Waals surface area contributed by atoms with Gasteiger partial charge in [-0.15, -0.1) is 0 Å². The van der Waals surface area contributed by atoms with Crippen LogP contribution in [0.2, 0.25) is 0 Å². The molecule has 0 fully saturated rings. The first-order chi connectivity index (χ1) is 11.3. The van der Waals surface area contributed by atoms with Gasteiger partial charge in [0.05, 0.1) is 6.42 Å².